The van der Waals surface area contributed by atoms with Gasteiger partial charge in [-0.15, -0.1) is 0 Å². The fourth-order valence-corrected chi connectivity index (χ4v) is 2.09. The second-order valence-electron chi connectivity index (χ2n) is 4.00. The first-order valence-electron chi connectivity index (χ1n) is 5.33. The van der Waals surface area contributed by atoms with E-state index in [4.69, 9.17) is 9.47 Å². The average Bonchev–Trinajstić information content (AvgIpc) is 2.39. The van der Waals surface area contributed by atoms with Crippen LogP contribution in [-0.4, -0.2) is 38.5 Å². The number of nitrogens with one attached hydrogen (secondary N) is 1. The van der Waals surface area contributed by atoms with Crippen LogP contribution in [0.3, 0.4) is 0 Å². The van der Waals surface area contributed by atoms with E-state index < -0.39 is 0 Å². The van der Waals surface area contributed by atoms with Crippen molar-refractivity contribution in [1.29, 1.82) is 0 Å². The number of ether oxygens (including phenoxy) is 2. The van der Waals surface area contributed by atoms with Crippen LogP contribution in [0.1, 0.15) is 19.8 Å². The molecule has 2 heterocycles. The Balaban J connectivity index is 1.91. The van der Waals surface area contributed by atoms with Crippen molar-refractivity contribution in [3.05, 3.63) is 0 Å². The van der Waals surface area contributed by atoms with Crippen molar-refractivity contribution in [2.24, 2.45) is 5.92 Å². The Morgan fingerprint density at radius 3 is 3.15 bits per heavy atom. The zero-order valence-corrected chi connectivity index (χ0v) is 8.29. The highest BCUT2D eigenvalue weighted by Crippen LogP contribution is 2.19. The molecule has 2 aliphatic heterocycles. The number of rotatable bonds is 1. The lowest BCUT2D eigenvalue weighted by Crippen LogP contribution is -2.43. The molecule has 2 fully saturated rings. The zero-order valence-electron chi connectivity index (χ0n) is 8.29. The highest BCUT2D eigenvalue weighted by Gasteiger charge is 2.29. The van der Waals surface area contributed by atoms with Gasteiger partial charge in [0.05, 0.1) is 19.3 Å². The molecular weight excluding hydrogens is 166 g/mol. The predicted molar refractivity (Wildman–Crippen MR) is 50.7 cm³/mol. The maximum atomic E-state index is 5.78. The Hall–Kier alpha value is -0.120. The summed E-state index contributed by atoms with van der Waals surface area (Å²) in [5.41, 5.74) is 0. The van der Waals surface area contributed by atoms with Gasteiger partial charge in [0.2, 0.25) is 0 Å². The lowest BCUT2D eigenvalue weighted by atomic mass is 9.97. The molecule has 0 saturated carbocycles. The summed E-state index contributed by atoms with van der Waals surface area (Å²) < 4.78 is 11.2. The van der Waals surface area contributed by atoms with E-state index in [1.54, 1.807) is 0 Å². The summed E-state index contributed by atoms with van der Waals surface area (Å²) in [6.07, 6.45) is 2.66. The van der Waals surface area contributed by atoms with E-state index in [-0.39, 0.29) is 0 Å². The van der Waals surface area contributed by atoms with E-state index in [2.05, 4.69) is 12.2 Å². The molecule has 0 aromatic rings. The molecule has 3 nitrogen and oxygen atoms in total. The van der Waals surface area contributed by atoms with Crippen LogP contribution in [0.15, 0.2) is 0 Å². The van der Waals surface area contributed by atoms with Crippen LogP contribution in [-0.2, 0) is 9.47 Å². The fourth-order valence-electron chi connectivity index (χ4n) is 2.09. The fraction of sp³-hybridized carbons (Fsp3) is 1.00. The highest BCUT2D eigenvalue weighted by atomic mass is 16.5. The van der Waals surface area contributed by atoms with Gasteiger partial charge >= 0.3 is 0 Å². The van der Waals surface area contributed by atoms with Gasteiger partial charge in [0.1, 0.15) is 0 Å². The molecule has 0 radical (unpaired) electrons. The summed E-state index contributed by atoms with van der Waals surface area (Å²) in [6.45, 7) is 5.84. The van der Waals surface area contributed by atoms with Gasteiger partial charge < -0.3 is 14.8 Å². The van der Waals surface area contributed by atoms with Crippen molar-refractivity contribution < 1.29 is 9.47 Å². The summed E-state index contributed by atoms with van der Waals surface area (Å²) in [5, 5.41) is 3.58. The third-order valence-corrected chi connectivity index (χ3v) is 3.08. The second-order valence-corrected chi connectivity index (χ2v) is 4.00. The molecule has 3 unspecified atom stereocenters. The zero-order chi connectivity index (χ0) is 9.10. The maximum Gasteiger partial charge on any atom is 0.0697 e. The quantitative estimate of drug-likeness (QED) is 0.655. The monoisotopic (exact) mass is 185 g/mol. The first-order valence-corrected chi connectivity index (χ1v) is 5.33. The second kappa shape index (κ2) is 4.40. The van der Waals surface area contributed by atoms with Gasteiger partial charge in [-0.05, 0) is 12.8 Å². The van der Waals surface area contributed by atoms with Crippen LogP contribution in [0.4, 0.5) is 0 Å². The molecule has 13 heavy (non-hydrogen) atoms. The molecule has 0 aromatic carbocycles. The molecule has 0 aromatic heterocycles. The van der Waals surface area contributed by atoms with Gasteiger partial charge in [0.25, 0.3) is 0 Å². The van der Waals surface area contributed by atoms with E-state index in [0.29, 0.717) is 18.1 Å². The van der Waals surface area contributed by atoms with Crippen LogP contribution >= 0.6 is 0 Å². The SMILES string of the molecule is CCC1CNC2CCOCC2CO1. The molecule has 3 heteroatoms. The first kappa shape index (κ1) is 9.44. The lowest BCUT2D eigenvalue weighted by Gasteiger charge is -2.29. The van der Waals surface area contributed by atoms with Gasteiger partial charge in [-0.2, -0.15) is 0 Å². The standard InChI is InChI=1S/C10H19NO2/c1-2-9-5-11-10-3-4-12-6-8(10)7-13-9/h8-11H,2-7H2,1H3. The van der Waals surface area contributed by atoms with Crippen LogP contribution in [0.5, 0.6) is 0 Å². The summed E-state index contributed by atoms with van der Waals surface area (Å²) >= 11 is 0. The predicted octanol–water partition coefficient (Wildman–Crippen LogP) is 0.790. The molecular formula is C10H19NO2. The molecule has 2 saturated heterocycles. The molecule has 0 bridgehead atoms. The Morgan fingerprint density at radius 2 is 2.31 bits per heavy atom. The van der Waals surface area contributed by atoms with Crippen molar-refractivity contribution in [1.82, 2.24) is 5.32 Å². The molecule has 0 aliphatic carbocycles. The van der Waals surface area contributed by atoms with E-state index >= 15 is 0 Å². The summed E-state index contributed by atoms with van der Waals surface area (Å²) in [7, 11) is 0. The lowest BCUT2D eigenvalue weighted by molar-refractivity contribution is -0.0120. The minimum absolute atomic E-state index is 0.408. The van der Waals surface area contributed by atoms with Gasteiger partial charge in [-0.1, -0.05) is 6.92 Å². The smallest absolute Gasteiger partial charge is 0.0697 e. The van der Waals surface area contributed by atoms with Crippen LogP contribution in [0.25, 0.3) is 0 Å². The molecule has 2 aliphatic rings. The van der Waals surface area contributed by atoms with Crippen molar-refractivity contribution in [2.75, 3.05) is 26.4 Å². The molecule has 0 spiro atoms. The topological polar surface area (TPSA) is 30.5 Å². The minimum Gasteiger partial charge on any atom is -0.381 e. The number of hydrogen-bond donors (Lipinski definition) is 1. The van der Waals surface area contributed by atoms with Crippen molar-refractivity contribution >= 4 is 0 Å². The maximum absolute atomic E-state index is 5.78. The summed E-state index contributed by atoms with van der Waals surface area (Å²) in [4.78, 5) is 0. The molecule has 76 valence electrons. The van der Waals surface area contributed by atoms with Crippen LogP contribution < -0.4 is 5.32 Å². The van der Waals surface area contributed by atoms with Crippen molar-refractivity contribution in [3.8, 4) is 0 Å². The normalized spacial score (nSPS) is 40.8. The Kier molecular flexibility index (Phi) is 3.19. The Bertz CT molecular complexity index is 147. The average molecular weight is 185 g/mol. The van der Waals surface area contributed by atoms with Gasteiger partial charge in [0.15, 0.2) is 0 Å². The van der Waals surface area contributed by atoms with Crippen LogP contribution in [0.2, 0.25) is 0 Å². The minimum atomic E-state index is 0.408. The largest absolute Gasteiger partial charge is 0.381 e. The molecule has 0 amide bonds. The Morgan fingerprint density at radius 1 is 1.38 bits per heavy atom. The van der Waals surface area contributed by atoms with Crippen molar-refractivity contribution in [3.63, 3.8) is 0 Å². The van der Waals surface area contributed by atoms with Gasteiger partial charge in [0, 0.05) is 25.1 Å². The van der Waals surface area contributed by atoms with Crippen LogP contribution in [0, 0.1) is 5.92 Å². The summed E-state index contributed by atoms with van der Waals surface area (Å²) in [5.74, 6) is 0.574. The van der Waals surface area contributed by atoms with E-state index in [1.807, 2.05) is 0 Å². The van der Waals surface area contributed by atoms with Gasteiger partial charge in [-0.25, -0.2) is 0 Å². The van der Waals surface area contributed by atoms with E-state index in [1.165, 1.54) is 0 Å². The van der Waals surface area contributed by atoms with E-state index in [0.717, 1.165) is 39.2 Å². The van der Waals surface area contributed by atoms with E-state index in [9.17, 15) is 0 Å². The molecule has 1 N–H and O–H groups in total. The molecule has 3 atom stereocenters. The van der Waals surface area contributed by atoms with Crippen molar-refractivity contribution in [2.45, 2.75) is 31.9 Å². The number of hydrogen-bond acceptors (Lipinski definition) is 3. The summed E-state index contributed by atoms with van der Waals surface area (Å²) in [6, 6.07) is 0.630. The Labute approximate surface area is 79.8 Å². The van der Waals surface area contributed by atoms with Gasteiger partial charge in [-0.3, -0.25) is 0 Å². The highest BCUT2D eigenvalue weighted by molar-refractivity contribution is 4.83. The third-order valence-electron chi connectivity index (χ3n) is 3.08. The third kappa shape index (κ3) is 2.22. The molecule has 2 rings (SSSR count). The first-order chi connectivity index (χ1) is 6.40. The number of fused-ring (bicyclic) bond motifs is 1.